The molecule has 0 aliphatic carbocycles. The van der Waals surface area contributed by atoms with Crippen LogP contribution in [0.3, 0.4) is 0 Å². The topological polar surface area (TPSA) is 53.1 Å². The lowest BCUT2D eigenvalue weighted by atomic mass is 10.1. The molecule has 2 rings (SSSR count). The van der Waals surface area contributed by atoms with Crippen LogP contribution in [0.2, 0.25) is 0 Å². The highest BCUT2D eigenvalue weighted by atomic mass is 19.1. The summed E-state index contributed by atoms with van der Waals surface area (Å²) < 4.78 is 13.7. The summed E-state index contributed by atoms with van der Waals surface area (Å²) in [6.45, 7) is 2.86. The van der Waals surface area contributed by atoms with Crippen molar-refractivity contribution in [3.8, 4) is 0 Å². The maximum Gasteiger partial charge on any atom is 0.336 e. The molecule has 2 aromatic rings. The van der Waals surface area contributed by atoms with Gasteiger partial charge in [-0.15, -0.1) is 0 Å². The summed E-state index contributed by atoms with van der Waals surface area (Å²) in [6.07, 6.45) is 0. The Balaban J connectivity index is 2.71. The van der Waals surface area contributed by atoms with E-state index < -0.39 is 11.6 Å². The predicted molar refractivity (Wildman–Crippen MR) is 59.4 cm³/mol. The van der Waals surface area contributed by atoms with E-state index in [1.54, 1.807) is 18.2 Å². The second-order valence-corrected chi connectivity index (χ2v) is 4.23. The van der Waals surface area contributed by atoms with Crippen LogP contribution < -0.4 is 0 Å². The fraction of sp³-hybridized carbons (Fsp3) is 0.250. The summed E-state index contributed by atoms with van der Waals surface area (Å²) in [6, 6.07) is 6.43. The van der Waals surface area contributed by atoms with Gasteiger partial charge in [0.05, 0.1) is 11.3 Å². The molecule has 1 aromatic heterocycles. The summed E-state index contributed by atoms with van der Waals surface area (Å²) in [7, 11) is 0. The smallest absolute Gasteiger partial charge is 0.336 e. The molecule has 0 unspecified atom stereocenters. The highest BCUT2D eigenvalue weighted by molar-refractivity contribution is 6.03. The molecule has 0 saturated carbocycles. The largest absolute Gasteiger partial charge is 0.478 e. The van der Waals surface area contributed by atoms with Crippen LogP contribution >= 0.6 is 0 Å². The van der Waals surface area contributed by atoms with E-state index in [2.05, 4.69) is 4.98 Å². The molecule has 0 radical (unpaired) electrons. The molecule has 4 heteroatoms. The van der Waals surface area contributed by atoms with Crippen LogP contribution in [0.5, 0.6) is 0 Å². The second-order valence-electron chi connectivity index (χ2n) is 4.23. The third-order valence-corrected chi connectivity index (χ3v) is 2.54. The average Bonchev–Trinajstić information content (AvgIpc) is 2.59. The van der Waals surface area contributed by atoms with Crippen molar-refractivity contribution in [2.45, 2.75) is 19.5 Å². The number of hydrogen-bond acceptors (Lipinski definition) is 1. The highest BCUT2D eigenvalue weighted by Gasteiger charge is 2.22. The van der Waals surface area contributed by atoms with E-state index in [4.69, 9.17) is 5.11 Å². The molecule has 0 atom stereocenters. The first-order chi connectivity index (χ1) is 7.39. The lowest BCUT2D eigenvalue weighted by Gasteiger charge is -2.10. The Labute approximate surface area is 91.9 Å². The predicted octanol–water partition coefficient (Wildman–Crippen LogP) is 3.07. The molecule has 1 aromatic carbocycles. The van der Waals surface area contributed by atoms with Crippen molar-refractivity contribution in [2.24, 2.45) is 0 Å². The molecule has 0 bridgehead atoms. The maximum atomic E-state index is 13.7. The molecule has 0 amide bonds. The van der Waals surface area contributed by atoms with Crippen LogP contribution in [-0.2, 0) is 5.67 Å². The van der Waals surface area contributed by atoms with E-state index in [0.717, 1.165) is 0 Å². The van der Waals surface area contributed by atoms with Crippen LogP contribution in [0.25, 0.3) is 10.9 Å². The van der Waals surface area contributed by atoms with Crippen molar-refractivity contribution < 1.29 is 14.3 Å². The lowest BCUT2D eigenvalue weighted by molar-refractivity contribution is 0.0699. The number of hydrogen-bond donors (Lipinski definition) is 2. The molecular weight excluding hydrogens is 209 g/mol. The number of alkyl halides is 1. The third-order valence-electron chi connectivity index (χ3n) is 2.54. The molecule has 16 heavy (non-hydrogen) atoms. The minimum atomic E-state index is -1.51. The van der Waals surface area contributed by atoms with Crippen molar-refractivity contribution in [1.29, 1.82) is 0 Å². The average molecular weight is 221 g/mol. The Bertz CT molecular complexity index is 552. The normalized spacial score (nSPS) is 11.9. The monoisotopic (exact) mass is 221 g/mol. The fourth-order valence-corrected chi connectivity index (χ4v) is 1.66. The Morgan fingerprint density at radius 3 is 2.69 bits per heavy atom. The molecule has 3 nitrogen and oxygen atoms in total. The van der Waals surface area contributed by atoms with Gasteiger partial charge >= 0.3 is 5.97 Å². The zero-order chi connectivity index (χ0) is 11.9. The van der Waals surface area contributed by atoms with Gasteiger partial charge in [-0.1, -0.05) is 6.07 Å². The molecule has 0 fully saturated rings. The molecule has 0 saturated heterocycles. The van der Waals surface area contributed by atoms with Gasteiger partial charge < -0.3 is 10.1 Å². The molecule has 0 aliphatic heterocycles. The quantitative estimate of drug-likeness (QED) is 0.818. The Morgan fingerprint density at radius 2 is 2.12 bits per heavy atom. The highest BCUT2D eigenvalue weighted by Crippen LogP contribution is 2.28. The number of carbonyl (C=O) groups is 1. The van der Waals surface area contributed by atoms with Gasteiger partial charge in [0.25, 0.3) is 0 Å². The van der Waals surface area contributed by atoms with E-state index in [0.29, 0.717) is 16.6 Å². The van der Waals surface area contributed by atoms with Crippen molar-refractivity contribution in [2.75, 3.05) is 0 Å². The van der Waals surface area contributed by atoms with Crippen LogP contribution in [0, 0.1) is 0 Å². The van der Waals surface area contributed by atoms with E-state index in [9.17, 15) is 9.18 Å². The third kappa shape index (κ3) is 1.66. The van der Waals surface area contributed by atoms with Crippen LogP contribution in [0.4, 0.5) is 4.39 Å². The van der Waals surface area contributed by atoms with Crippen molar-refractivity contribution in [1.82, 2.24) is 4.98 Å². The van der Waals surface area contributed by atoms with Gasteiger partial charge in [0.2, 0.25) is 0 Å². The number of rotatable bonds is 2. The van der Waals surface area contributed by atoms with Crippen molar-refractivity contribution in [3.63, 3.8) is 0 Å². The first kappa shape index (κ1) is 10.7. The van der Waals surface area contributed by atoms with Gasteiger partial charge in [0, 0.05) is 10.9 Å². The number of benzene rings is 1. The van der Waals surface area contributed by atoms with Gasteiger partial charge in [0.15, 0.2) is 0 Å². The second kappa shape index (κ2) is 3.33. The number of carboxylic acid groups (broad SMARTS) is 1. The molecule has 84 valence electrons. The first-order valence-electron chi connectivity index (χ1n) is 4.94. The van der Waals surface area contributed by atoms with E-state index >= 15 is 0 Å². The van der Waals surface area contributed by atoms with Gasteiger partial charge in [-0.2, -0.15) is 0 Å². The van der Waals surface area contributed by atoms with Crippen LogP contribution in [-0.4, -0.2) is 16.1 Å². The zero-order valence-corrected chi connectivity index (χ0v) is 9.04. The van der Waals surface area contributed by atoms with Crippen molar-refractivity contribution in [3.05, 3.63) is 35.5 Å². The fourth-order valence-electron chi connectivity index (χ4n) is 1.66. The molecule has 0 aliphatic rings. The number of carboxylic acids is 1. The summed E-state index contributed by atoms with van der Waals surface area (Å²) in [5, 5.41) is 9.52. The molecular formula is C12H12FNO2. The Hall–Kier alpha value is -1.84. The van der Waals surface area contributed by atoms with Crippen LogP contribution in [0.15, 0.2) is 24.3 Å². The van der Waals surface area contributed by atoms with Gasteiger partial charge in [0.1, 0.15) is 5.67 Å². The Morgan fingerprint density at radius 1 is 1.44 bits per heavy atom. The van der Waals surface area contributed by atoms with Gasteiger partial charge in [-0.3, -0.25) is 0 Å². The minimum absolute atomic E-state index is 0.184. The number of fused-ring (bicyclic) bond motifs is 1. The summed E-state index contributed by atoms with van der Waals surface area (Å²) >= 11 is 0. The Kier molecular flexibility index (Phi) is 2.22. The van der Waals surface area contributed by atoms with Gasteiger partial charge in [-0.25, -0.2) is 9.18 Å². The van der Waals surface area contributed by atoms with Crippen LogP contribution in [0.1, 0.15) is 29.9 Å². The SMILES string of the molecule is CC(C)(F)c1cc2c(C(=O)O)cccc2[nH]1. The number of aromatic nitrogens is 1. The number of aromatic amines is 1. The standard InChI is InChI=1S/C12H12FNO2/c1-12(2,13)10-6-8-7(11(15)16)4-3-5-9(8)14-10/h3-6,14H,1-2H3,(H,15,16). The number of nitrogens with one attached hydrogen (secondary N) is 1. The molecule has 1 heterocycles. The first-order valence-corrected chi connectivity index (χ1v) is 4.94. The number of aromatic carboxylic acids is 1. The minimum Gasteiger partial charge on any atom is -0.478 e. The van der Waals surface area contributed by atoms with Crippen molar-refractivity contribution >= 4 is 16.9 Å². The number of H-pyrrole nitrogens is 1. The molecule has 2 N–H and O–H groups in total. The maximum absolute atomic E-state index is 13.7. The number of halogens is 1. The summed E-state index contributed by atoms with van der Waals surface area (Å²) in [5.74, 6) is -1.01. The van der Waals surface area contributed by atoms with E-state index in [-0.39, 0.29) is 5.56 Å². The zero-order valence-electron chi connectivity index (χ0n) is 9.04. The van der Waals surface area contributed by atoms with E-state index in [1.165, 1.54) is 19.9 Å². The summed E-state index contributed by atoms with van der Waals surface area (Å²) in [5.41, 5.74) is -0.296. The van der Waals surface area contributed by atoms with E-state index in [1.807, 2.05) is 0 Å². The molecule has 0 spiro atoms. The summed E-state index contributed by atoms with van der Waals surface area (Å²) in [4.78, 5) is 13.9. The van der Waals surface area contributed by atoms with Gasteiger partial charge in [-0.05, 0) is 32.0 Å². The lowest BCUT2D eigenvalue weighted by Crippen LogP contribution is -2.08.